The third-order valence-electron chi connectivity index (χ3n) is 4.97. The van der Waals surface area contributed by atoms with Crippen LogP contribution in [0.25, 0.3) is 0 Å². The van der Waals surface area contributed by atoms with Gasteiger partial charge in [0.1, 0.15) is 0 Å². The van der Waals surface area contributed by atoms with Gasteiger partial charge >= 0.3 is 6.03 Å². The molecule has 1 aliphatic heterocycles. The molecule has 2 heterocycles. The molecule has 3 rings (SSSR count). The van der Waals surface area contributed by atoms with Crippen LogP contribution in [0.3, 0.4) is 0 Å². The highest BCUT2D eigenvalue weighted by molar-refractivity contribution is 5.89. The van der Waals surface area contributed by atoms with Crippen LogP contribution in [0.2, 0.25) is 0 Å². The van der Waals surface area contributed by atoms with E-state index in [0.717, 1.165) is 56.1 Å². The number of anilines is 1. The molecule has 2 N–H and O–H groups in total. The largest absolute Gasteiger partial charge is 0.334 e. The van der Waals surface area contributed by atoms with Gasteiger partial charge in [-0.1, -0.05) is 31.2 Å². The standard InChI is InChI=1S/C20H30N6O/c1-4-18-19(15-25(3)23-18)22-20(27)21-13-16-5-7-17(8-6-16)14-26-11-9-24(2)10-12-26/h5-8,15H,4,9-14H2,1-3H3,(H2,21,22,27). The fraction of sp³-hybridized carbons (Fsp3) is 0.500. The first-order chi connectivity index (χ1) is 13.0. The average molecular weight is 371 g/mol. The number of nitrogens with one attached hydrogen (secondary N) is 2. The number of amides is 2. The smallest absolute Gasteiger partial charge is 0.319 e. The second-order valence-electron chi connectivity index (χ2n) is 7.22. The minimum absolute atomic E-state index is 0.209. The predicted octanol–water partition coefficient (Wildman–Crippen LogP) is 2.05. The lowest BCUT2D eigenvalue weighted by molar-refractivity contribution is 0.148. The van der Waals surface area contributed by atoms with Crippen molar-refractivity contribution in [3.05, 3.63) is 47.3 Å². The Balaban J connectivity index is 1.46. The molecule has 146 valence electrons. The molecule has 7 nitrogen and oxygen atoms in total. The van der Waals surface area contributed by atoms with E-state index >= 15 is 0 Å². The third-order valence-corrected chi connectivity index (χ3v) is 4.97. The number of hydrogen-bond acceptors (Lipinski definition) is 4. The molecule has 2 aromatic rings. The van der Waals surface area contributed by atoms with Gasteiger partial charge in [0.2, 0.25) is 0 Å². The molecule has 1 saturated heterocycles. The highest BCUT2D eigenvalue weighted by Crippen LogP contribution is 2.13. The summed E-state index contributed by atoms with van der Waals surface area (Å²) in [5.41, 5.74) is 4.06. The van der Waals surface area contributed by atoms with Crippen LogP contribution in [0.1, 0.15) is 23.7 Å². The summed E-state index contributed by atoms with van der Waals surface area (Å²) in [5, 5.41) is 10.1. The van der Waals surface area contributed by atoms with Crippen LogP contribution in [0.5, 0.6) is 0 Å². The van der Waals surface area contributed by atoms with Gasteiger partial charge in [-0.15, -0.1) is 0 Å². The van der Waals surface area contributed by atoms with E-state index in [0.29, 0.717) is 6.54 Å². The Bertz CT molecular complexity index is 746. The Hall–Kier alpha value is -2.38. The number of carbonyl (C=O) groups excluding carboxylic acids is 1. The Morgan fingerprint density at radius 2 is 1.74 bits per heavy atom. The Labute approximate surface area is 161 Å². The molecular formula is C20H30N6O. The minimum Gasteiger partial charge on any atom is -0.334 e. The van der Waals surface area contributed by atoms with Crippen LogP contribution in [-0.4, -0.2) is 58.8 Å². The first-order valence-electron chi connectivity index (χ1n) is 9.59. The summed E-state index contributed by atoms with van der Waals surface area (Å²) < 4.78 is 1.72. The first-order valence-corrected chi connectivity index (χ1v) is 9.59. The zero-order valence-corrected chi connectivity index (χ0v) is 16.5. The number of carbonyl (C=O) groups is 1. The summed E-state index contributed by atoms with van der Waals surface area (Å²) in [6.45, 7) is 8.02. The molecule has 0 spiro atoms. The van der Waals surface area contributed by atoms with E-state index < -0.39 is 0 Å². The number of piperazine rings is 1. The van der Waals surface area contributed by atoms with Crippen molar-refractivity contribution in [1.29, 1.82) is 0 Å². The lowest BCUT2D eigenvalue weighted by Crippen LogP contribution is -2.43. The minimum atomic E-state index is -0.209. The van der Waals surface area contributed by atoms with Crippen LogP contribution in [0.15, 0.2) is 30.5 Å². The predicted molar refractivity (Wildman–Crippen MR) is 108 cm³/mol. The van der Waals surface area contributed by atoms with E-state index in [1.165, 1.54) is 5.56 Å². The van der Waals surface area contributed by atoms with Crippen LogP contribution in [-0.2, 0) is 26.6 Å². The quantitative estimate of drug-likeness (QED) is 0.817. The number of likely N-dealkylation sites (N-methyl/N-ethyl adjacent to an activating group) is 1. The summed E-state index contributed by atoms with van der Waals surface area (Å²) in [6.07, 6.45) is 2.61. The van der Waals surface area contributed by atoms with Gasteiger partial charge in [-0.25, -0.2) is 4.79 Å². The molecule has 0 unspecified atom stereocenters. The van der Waals surface area contributed by atoms with Crippen molar-refractivity contribution in [3.63, 3.8) is 0 Å². The summed E-state index contributed by atoms with van der Waals surface area (Å²) >= 11 is 0. The Morgan fingerprint density at radius 3 is 2.41 bits per heavy atom. The number of aromatic nitrogens is 2. The molecule has 27 heavy (non-hydrogen) atoms. The number of benzene rings is 1. The molecule has 1 fully saturated rings. The molecule has 7 heteroatoms. The molecule has 1 aliphatic rings. The SMILES string of the molecule is CCc1nn(C)cc1NC(=O)NCc1ccc(CN2CCN(C)CC2)cc1. The number of nitrogens with zero attached hydrogens (tertiary/aromatic N) is 4. The van der Waals surface area contributed by atoms with Crippen molar-refractivity contribution in [2.45, 2.75) is 26.4 Å². The van der Waals surface area contributed by atoms with E-state index in [9.17, 15) is 4.79 Å². The van der Waals surface area contributed by atoms with Gasteiger partial charge < -0.3 is 15.5 Å². The van der Waals surface area contributed by atoms with Crippen molar-refractivity contribution in [2.75, 3.05) is 38.5 Å². The fourth-order valence-electron chi connectivity index (χ4n) is 3.28. The molecule has 0 saturated carbocycles. The van der Waals surface area contributed by atoms with E-state index in [4.69, 9.17) is 0 Å². The van der Waals surface area contributed by atoms with Crippen molar-refractivity contribution >= 4 is 11.7 Å². The van der Waals surface area contributed by atoms with Gasteiger partial charge in [0, 0.05) is 52.5 Å². The van der Waals surface area contributed by atoms with Crippen molar-refractivity contribution < 1.29 is 4.79 Å². The van der Waals surface area contributed by atoms with E-state index in [2.05, 4.69) is 56.8 Å². The molecule has 1 aromatic heterocycles. The highest BCUT2D eigenvalue weighted by Gasteiger charge is 2.14. The molecule has 0 aliphatic carbocycles. The topological polar surface area (TPSA) is 65.4 Å². The first kappa shape index (κ1) is 19.4. The van der Waals surface area contributed by atoms with E-state index in [1.807, 2.05) is 20.2 Å². The number of hydrogen-bond donors (Lipinski definition) is 2. The normalized spacial score (nSPS) is 15.7. The fourth-order valence-corrected chi connectivity index (χ4v) is 3.28. The lowest BCUT2D eigenvalue weighted by atomic mass is 10.1. The molecule has 0 radical (unpaired) electrons. The zero-order chi connectivity index (χ0) is 19.2. The van der Waals surface area contributed by atoms with Crippen LogP contribution >= 0.6 is 0 Å². The number of rotatable bonds is 6. The number of aryl methyl sites for hydroxylation is 2. The Morgan fingerprint density at radius 1 is 1.07 bits per heavy atom. The van der Waals surface area contributed by atoms with Crippen LogP contribution in [0, 0.1) is 0 Å². The summed E-state index contributed by atoms with van der Waals surface area (Å²) in [6, 6.07) is 8.28. The second kappa shape index (κ2) is 9.01. The van der Waals surface area contributed by atoms with Gasteiger partial charge in [0.15, 0.2) is 0 Å². The molecule has 1 aromatic carbocycles. The van der Waals surface area contributed by atoms with E-state index in [-0.39, 0.29) is 6.03 Å². The van der Waals surface area contributed by atoms with Gasteiger partial charge in [0.05, 0.1) is 11.4 Å². The average Bonchev–Trinajstić information content (AvgIpc) is 3.02. The molecule has 0 atom stereocenters. The monoisotopic (exact) mass is 370 g/mol. The van der Waals surface area contributed by atoms with E-state index in [1.54, 1.807) is 4.68 Å². The third kappa shape index (κ3) is 5.55. The van der Waals surface area contributed by atoms with Crippen molar-refractivity contribution in [1.82, 2.24) is 24.9 Å². The summed E-state index contributed by atoms with van der Waals surface area (Å²) in [7, 11) is 4.03. The second-order valence-corrected chi connectivity index (χ2v) is 7.22. The van der Waals surface area contributed by atoms with Gasteiger partial charge in [-0.05, 0) is 24.6 Å². The lowest BCUT2D eigenvalue weighted by Gasteiger charge is -2.32. The van der Waals surface area contributed by atoms with Gasteiger partial charge in [-0.2, -0.15) is 5.10 Å². The number of urea groups is 1. The van der Waals surface area contributed by atoms with Crippen LogP contribution in [0.4, 0.5) is 10.5 Å². The van der Waals surface area contributed by atoms with Gasteiger partial charge in [-0.3, -0.25) is 9.58 Å². The molecule has 0 bridgehead atoms. The maximum absolute atomic E-state index is 12.1. The Kier molecular flexibility index (Phi) is 6.47. The van der Waals surface area contributed by atoms with Crippen molar-refractivity contribution in [3.8, 4) is 0 Å². The highest BCUT2D eigenvalue weighted by atomic mass is 16.2. The molecular weight excluding hydrogens is 340 g/mol. The summed E-state index contributed by atoms with van der Waals surface area (Å²) in [5.74, 6) is 0. The summed E-state index contributed by atoms with van der Waals surface area (Å²) in [4.78, 5) is 17.0. The molecule has 2 amide bonds. The van der Waals surface area contributed by atoms with Crippen molar-refractivity contribution in [2.24, 2.45) is 7.05 Å². The van der Waals surface area contributed by atoms with Crippen LogP contribution < -0.4 is 10.6 Å². The zero-order valence-electron chi connectivity index (χ0n) is 16.5. The maximum atomic E-state index is 12.1. The van der Waals surface area contributed by atoms with Gasteiger partial charge in [0.25, 0.3) is 0 Å². The maximum Gasteiger partial charge on any atom is 0.319 e.